The highest BCUT2D eigenvalue weighted by Crippen LogP contribution is 2.13. The number of nitrogens with zero attached hydrogens (tertiary/aromatic N) is 1. The lowest BCUT2D eigenvalue weighted by molar-refractivity contribution is 0.208. The van der Waals surface area contributed by atoms with Crippen LogP contribution < -0.4 is 0 Å². The molecule has 0 atom stereocenters. The molecule has 0 rings (SSSR count). The quantitative estimate of drug-likeness (QED) is 0.692. The van der Waals surface area contributed by atoms with E-state index in [-0.39, 0.29) is 5.24 Å². The van der Waals surface area contributed by atoms with Crippen molar-refractivity contribution in [1.29, 1.82) is 0 Å². The summed E-state index contributed by atoms with van der Waals surface area (Å²) in [5, 5.41) is 0.249. The van der Waals surface area contributed by atoms with Crippen LogP contribution in [-0.2, 0) is 0 Å². The van der Waals surface area contributed by atoms with E-state index < -0.39 is 0 Å². The van der Waals surface area contributed by atoms with E-state index in [1.807, 2.05) is 4.90 Å². The highest BCUT2D eigenvalue weighted by Gasteiger charge is 2.15. The Bertz CT molecular complexity index is 170. The zero-order valence-corrected chi connectivity index (χ0v) is 11.6. The molecule has 2 nitrogen and oxygen atoms in total. The third kappa shape index (κ3) is 7.71. The van der Waals surface area contributed by atoms with Gasteiger partial charge in [0.05, 0.1) is 0 Å². The molecule has 0 radical (unpaired) electrons. The van der Waals surface area contributed by atoms with Gasteiger partial charge in [-0.3, -0.25) is 4.79 Å². The van der Waals surface area contributed by atoms with Crippen molar-refractivity contribution in [1.82, 2.24) is 4.90 Å². The summed E-state index contributed by atoms with van der Waals surface area (Å²) >= 11 is 1.46. The summed E-state index contributed by atoms with van der Waals surface area (Å²) in [6, 6.07) is 0. The minimum atomic E-state index is 0.249. The predicted molar refractivity (Wildman–Crippen MR) is 69.4 cm³/mol. The fourth-order valence-corrected chi connectivity index (χ4v) is 2.10. The van der Waals surface area contributed by atoms with Crippen LogP contribution in [0.5, 0.6) is 0 Å². The summed E-state index contributed by atoms with van der Waals surface area (Å²) < 4.78 is 0. The molecule has 0 N–H and O–H groups in total. The molecule has 0 aliphatic carbocycles. The standard InChI is InChI=1S/C12H25NOS/c1-6-7-15-12(14)13(8-10(2)3)9-11(4)5/h10-11H,6-9H2,1-5H3. The normalized spacial score (nSPS) is 11.1. The molecular formula is C12H25NOS. The molecule has 0 fully saturated rings. The van der Waals surface area contributed by atoms with Gasteiger partial charge < -0.3 is 4.90 Å². The summed E-state index contributed by atoms with van der Waals surface area (Å²) in [5.74, 6) is 2.04. The maximum absolute atomic E-state index is 11.9. The summed E-state index contributed by atoms with van der Waals surface area (Å²) in [4.78, 5) is 13.9. The zero-order valence-electron chi connectivity index (χ0n) is 10.7. The van der Waals surface area contributed by atoms with E-state index in [0.717, 1.165) is 25.3 Å². The van der Waals surface area contributed by atoms with Crippen LogP contribution in [0.15, 0.2) is 0 Å². The second kappa shape index (κ2) is 8.03. The van der Waals surface area contributed by atoms with E-state index in [1.54, 1.807) is 0 Å². The van der Waals surface area contributed by atoms with Gasteiger partial charge in [-0.15, -0.1) is 0 Å². The molecule has 1 amide bonds. The Balaban J connectivity index is 4.14. The van der Waals surface area contributed by atoms with E-state index in [9.17, 15) is 4.79 Å². The van der Waals surface area contributed by atoms with Crippen LogP contribution in [0.2, 0.25) is 0 Å². The number of thioether (sulfide) groups is 1. The van der Waals surface area contributed by atoms with E-state index in [0.29, 0.717) is 11.8 Å². The van der Waals surface area contributed by atoms with E-state index in [1.165, 1.54) is 11.8 Å². The topological polar surface area (TPSA) is 20.3 Å². The van der Waals surface area contributed by atoms with Gasteiger partial charge in [0, 0.05) is 18.8 Å². The molecule has 0 aromatic rings. The number of rotatable bonds is 6. The lowest BCUT2D eigenvalue weighted by Crippen LogP contribution is -2.34. The van der Waals surface area contributed by atoms with Crippen LogP contribution in [0.4, 0.5) is 4.79 Å². The van der Waals surface area contributed by atoms with Crippen molar-refractivity contribution in [2.45, 2.75) is 41.0 Å². The van der Waals surface area contributed by atoms with Crippen LogP contribution in [-0.4, -0.2) is 29.0 Å². The number of hydrogen-bond acceptors (Lipinski definition) is 2. The number of carbonyl (C=O) groups is 1. The molecule has 0 aromatic heterocycles. The van der Waals surface area contributed by atoms with Gasteiger partial charge >= 0.3 is 0 Å². The molecule has 0 heterocycles. The van der Waals surface area contributed by atoms with Gasteiger partial charge in [0.1, 0.15) is 0 Å². The Kier molecular flexibility index (Phi) is 7.93. The second-order valence-electron chi connectivity index (χ2n) is 4.81. The van der Waals surface area contributed by atoms with Crippen molar-refractivity contribution in [3.63, 3.8) is 0 Å². The fraction of sp³-hybridized carbons (Fsp3) is 0.917. The minimum absolute atomic E-state index is 0.249. The Hall–Kier alpha value is -0.180. The highest BCUT2D eigenvalue weighted by molar-refractivity contribution is 8.13. The maximum atomic E-state index is 11.9. The van der Waals surface area contributed by atoms with Crippen LogP contribution >= 0.6 is 11.8 Å². The van der Waals surface area contributed by atoms with Crippen LogP contribution in [0.3, 0.4) is 0 Å². The van der Waals surface area contributed by atoms with E-state index in [2.05, 4.69) is 34.6 Å². The molecule has 0 aromatic carbocycles. The summed E-state index contributed by atoms with van der Waals surface area (Å²) in [6.45, 7) is 12.5. The highest BCUT2D eigenvalue weighted by atomic mass is 32.2. The molecular weight excluding hydrogens is 206 g/mol. The second-order valence-corrected chi connectivity index (χ2v) is 5.85. The van der Waals surface area contributed by atoms with Gasteiger partial charge in [-0.2, -0.15) is 0 Å². The molecule has 0 spiro atoms. The SMILES string of the molecule is CCCSC(=O)N(CC(C)C)CC(C)C. The van der Waals surface area contributed by atoms with Gasteiger partial charge in [-0.25, -0.2) is 0 Å². The smallest absolute Gasteiger partial charge is 0.281 e. The summed E-state index contributed by atoms with van der Waals surface area (Å²) in [7, 11) is 0. The molecule has 15 heavy (non-hydrogen) atoms. The Morgan fingerprint density at radius 3 is 1.93 bits per heavy atom. The van der Waals surface area contributed by atoms with Crippen LogP contribution in [0, 0.1) is 11.8 Å². The molecule has 3 heteroatoms. The molecule has 0 bridgehead atoms. The van der Waals surface area contributed by atoms with Crippen molar-refractivity contribution in [3.05, 3.63) is 0 Å². The maximum Gasteiger partial charge on any atom is 0.281 e. The third-order valence-corrected chi connectivity index (χ3v) is 2.98. The van der Waals surface area contributed by atoms with Gasteiger partial charge in [0.15, 0.2) is 0 Å². The Morgan fingerprint density at radius 2 is 1.60 bits per heavy atom. The molecule has 0 unspecified atom stereocenters. The first-order valence-corrected chi connectivity index (χ1v) is 6.87. The minimum Gasteiger partial charge on any atom is -0.333 e. The molecule has 0 aliphatic heterocycles. The number of carbonyl (C=O) groups excluding carboxylic acids is 1. The first kappa shape index (κ1) is 14.8. The lowest BCUT2D eigenvalue weighted by Gasteiger charge is -2.25. The van der Waals surface area contributed by atoms with Crippen molar-refractivity contribution >= 4 is 17.0 Å². The third-order valence-electron chi connectivity index (χ3n) is 1.86. The van der Waals surface area contributed by atoms with Gasteiger partial charge in [-0.05, 0) is 18.3 Å². The first-order chi connectivity index (χ1) is 6.97. The van der Waals surface area contributed by atoms with Crippen LogP contribution in [0.25, 0.3) is 0 Å². The van der Waals surface area contributed by atoms with Gasteiger partial charge in [0.25, 0.3) is 5.24 Å². The van der Waals surface area contributed by atoms with Crippen molar-refractivity contribution in [2.24, 2.45) is 11.8 Å². The Labute approximate surface area is 98.8 Å². The predicted octanol–water partition coefficient (Wildman–Crippen LogP) is 3.86. The molecule has 90 valence electrons. The molecule has 0 saturated carbocycles. The van der Waals surface area contributed by atoms with E-state index >= 15 is 0 Å². The largest absolute Gasteiger partial charge is 0.333 e. The van der Waals surface area contributed by atoms with Crippen LogP contribution in [0.1, 0.15) is 41.0 Å². The van der Waals surface area contributed by atoms with Crippen molar-refractivity contribution < 1.29 is 4.79 Å². The van der Waals surface area contributed by atoms with E-state index in [4.69, 9.17) is 0 Å². The Morgan fingerprint density at radius 1 is 1.13 bits per heavy atom. The van der Waals surface area contributed by atoms with Gasteiger partial charge in [-0.1, -0.05) is 46.4 Å². The average molecular weight is 231 g/mol. The first-order valence-electron chi connectivity index (χ1n) is 5.89. The fourth-order valence-electron chi connectivity index (χ4n) is 1.39. The number of amides is 1. The lowest BCUT2D eigenvalue weighted by atomic mass is 10.1. The van der Waals surface area contributed by atoms with Gasteiger partial charge in [0.2, 0.25) is 0 Å². The average Bonchev–Trinajstić information content (AvgIpc) is 2.11. The zero-order chi connectivity index (χ0) is 11.8. The monoisotopic (exact) mass is 231 g/mol. The number of hydrogen-bond donors (Lipinski definition) is 0. The summed E-state index contributed by atoms with van der Waals surface area (Å²) in [5.41, 5.74) is 0. The molecule has 0 aliphatic rings. The van der Waals surface area contributed by atoms with Crippen molar-refractivity contribution in [2.75, 3.05) is 18.8 Å². The summed E-state index contributed by atoms with van der Waals surface area (Å²) in [6.07, 6.45) is 1.06. The van der Waals surface area contributed by atoms with Crippen molar-refractivity contribution in [3.8, 4) is 0 Å². The molecule has 0 saturated heterocycles.